The van der Waals surface area contributed by atoms with Gasteiger partial charge in [-0.05, 0) is 30.5 Å². The van der Waals surface area contributed by atoms with Crippen molar-refractivity contribution < 1.29 is 14.3 Å². The van der Waals surface area contributed by atoms with Crippen molar-refractivity contribution in [1.29, 1.82) is 0 Å². The van der Waals surface area contributed by atoms with Crippen LogP contribution in [0.1, 0.15) is 18.4 Å². The summed E-state index contributed by atoms with van der Waals surface area (Å²) < 4.78 is 10.4. The SMILES string of the molecule is COCCNCC(=O)NCC1(c2ccc(Cl)cc2)CCOCC1.Cl. The van der Waals surface area contributed by atoms with E-state index < -0.39 is 0 Å². The summed E-state index contributed by atoms with van der Waals surface area (Å²) in [4.78, 5) is 12.0. The van der Waals surface area contributed by atoms with Gasteiger partial charge < -0.3 is 20.1 Å². The van der Waals surface area contributed by atoms with E-state index >= 15 is 0 Å². The summed E-state index contributed by atoms with van der Waals surface area (Å²) in [5.74, 6) is 0.000864. The lowest BCUT2D eigenvalue weighted by atomic mass is 9.74. The highest BCUT2D eigenvalue weighted by atomic mass is 35.5. The number of rotatable bonds is 8. The van der Waals surface area contributed by atoms with E-state index in [1.165, 1.54) is 5.56 Å². The van der Waals surface area contributed by atoms with Gasteiger partial charge in [0.2, 0.25) is 5.91 Å². The first-order valence-corrected chi connectivity index (χ1v) is 8.34. The van der Waals surface area contributed by atoms with Crippen LogP contribution in [0.4, 0.5) is 0 Å². The van der Waals surface area contributed by atoms with Crippen LogP contribution in [0.3, 0.4) is 0 Å². The minimum atomic E-state index is -0.0783. The maximum absolute atomic E-state index is 12.0. The lowest BCUT2D eigenvalue weighted by Gasteiger charge is -2.38. The van der Waals surface area contributed by atoms with Crippen LogP contribution < -0.4 is 10.6 Å². The van der Waals surface area contributed by atoms with Crippen LogP contribution in [0.15, 0.2) is 24.3 Å². The summed E-state index contributed by atoms with van der Waals surface area (Å²) in [7, 11) is 1.64. The van der Waals surface area contributed by atoms with Gasteiger partial charge >= 0.3 is 0 Å². The standard InChI is InChI=1S/C17H25ClN2O3.ClH/c1-22-11-8-19-12-16(21)20-13-17(6-9-23-10-7-17)14-2-4-15(18)5-3-14;/h2-5,19H,6-13H2,1H3,(H,20,21);1H. The molecule has 2 rings (SSSR count). The largest absolute Gasteiger partial charge is 0.383 e. The molecule has 0 aliphatic carbocycles. The topological polar surface area (TPSA) is 59.6 Å². The summed E-state index contributed by atoms with van der Waals surface area (Å²) >= 11 is 5.99. The second-order valence-electron chi connectivity index (χ2n) is 5.85. The average molecular weight is 377 g/mol. The molecule has 1 heterocycles. The lowest BCUT2D eigenvalue weighted by molar-refractivity contribution is -0.120. The Hall–Kier alpha value is -0.850. The first-order valence-electron chi connectivity index (χ1n) is 7.96. The minimum Gasteiger partial charge on any atom is -0.383 e. The number of nitrogens with one attached hydrogen (secondary N) is 2. The maximum Gasteiger partial charge on any atom is 0.233 e. The van der Waals surface area contributed by atoms with Crippen molar-refractivity contribution in [2.45, 2.75) is 18.3 Å². The lowest BCUT2D eigenvalue weighted by Crippen LogP contribution is -2.46. The Kier molecular flexibility index (Phi) is 9.63. The Labute approximate surface area is 154 Å². The molecule has 1 aliphatic rings. The zero-order chi connectivity index (χ0) is 16.5. The number of halogens is 2. The molecule has 5 nitrogen and oxygen atoms in total. The molecule has 1 aromatic carbocycles. The molecule has 1 amide bonds. The number of benzene rings is 1. The molecular formula is C17H26Cl2N2O3. The Morgan fingerprint density at radius 2 is 1.96 bits per heavy atom. The van der Waals surface area contributed by atoms with Gasteiger partial charge in [-0.1, -0.05) is 23.7 Å². The van der Waals surface area contributed by atoms with Crippen molar-refractivity contribution in [1.82, 2.24) is 10.6 Å². The number of methoxy groups -OCH3 is 1. The molecule has 1 aliphatic heterocycles. The van der Waals surface area contributed by atoms with Gasteiger partial charge in [0.05, 0.1) is 13.2 Å². The normalized spacial score (nSPS) is 16.2. The molecule has 0 atom stereocenters. The van der Waals surface area contributed by atoms with Crippen molar-refractivity contribution in [2.24, 2.45) is 0 Å². The van der Waals surface area contributed by atoms with Crippen LogP contribution >= 0.6 is 24.0 Å². The van der Waals surface area contributed by atoms with Crippen molar-refractivity contribution in [3.63, 3.8) is 0 Å². The van der Waals surface area contributed by atoms with E-state index in [0.29, 0.717) is 39.5 Å². The van der Waals surface area contributed by atoms with E-state index in [0.717, 1.165) is 17.9 Å². The molecule has 136 valence electrons. The molecule has 1 saturated heterocycles. The Balaban J connectivity index is 0.00000288. The summed E-state index contributed by atoms with van der Waals surface area (Å²) in [6.07, 6.45) is 1.79. The zero-order valence-electron chi connectivity index (χ0n) is 14.0. The third-order valence-corrected chi connectivity index (χ3v) is 4.55. The number of carbonyl (C=O) groups is 1. The molecule has 0 spiro atoms. The van der Waals surface area contributed by atoms with E-state index in [9.17, 15) is 4.79 Å². The fourth-order valence-electron chi connectivity index (χ4n) is 2.84. The second-order valence-corrected chi connectivity index (χ2v) is 6.28. The summed E-state index contributed by atoms with van der Waals surface area (Å²) in [5, 5.41) is 6.83. The smallest absolute Gasteiger partial charge is 0.233 e. The van der Waals surface area contributed by atoms with Gasteiger partial charge in [-0.15, -0.1) is 12.4 Å². The number of hydrogen-bond acceptors (Lipinski definition) is 4. The molecule has 7 heteroatoms. The highest BCUT2D eigenvalue weighted by Crippen LogP contribution is 2.34. The van der Waals surface area contributed by atoms with Gasteiger partial charge in [-0.3, -0.25) is 4.79 Å². The summed E-state index contributed by atoms with van der Waals surface area (Å²) in [5.41, 5.74) is 1.13. The molecule has 1 aromatic rings. The number of amides is 1. The van der Waals surface area contributed by atoms with Gasteiger partial charge in [-0.2, -0.15) is 0 Å². The fourth-order valence-corrected chi connectivity index (χ4v) is 2.97. The van der Waals surface area contributed by atoms with Gasteiger partial charge in [0.15, 0.2) is 0 Å². The molecular weight excluding hydrogens is 351 g/mol. The van der Waals surface area contributed by atoms with Crippen molar-refractivity contribution in [3.05, 3.63) is 34.9 Å². The van der Waals surface area contributed by atoms with Crippen LogP contribution in [-0.4, -0.2) is 52.5 Å². The average Bonchev–Trinajstić information content (AvgIpc) is 2.58. The first-order chi connectivity index (χ1) is 11.2. The predicted molar refractivity (Wildman–Crippen MR) is 98.2 cm³/mol. The Morgan fingerprint density at radius 3 is 2.58 bits per heavy atom. The molecule has 0 bridgehead atoms. The molecule has 0 saturated carbocycles. The Bertz CT molecular complexity index is 491. The van der Waals surface area contributed by atoms with Crippen LogP contribution in [0.25, 0.3) is 0 Å². The zero-order valence-corrected chi connectivity index (χ0v) is 15.5. The fraction of sp³-hybridized carbons (Fsp3) is 0.588. The van der Waals surface area contributed by atoms with E-state index in [1.54, 1.807) is 7.11 Å². The highest BCUT2D eigenvalue weighted by Gasteiger charge is 2.34. The van der Waals surface area contributed by atoms with Gasteiger partial charge in [0, 0.05) is 43.9 Å². The van der Waals surface area contributed by atoms with Gasteiger partial charge in [0.1, 0.15) is 0 Å². The van der Waals surface area contributed by atoms with Crippen LogP contribution in [0.5, 0.6) is 0 Å². The molecule has 0 aromatic heterocycles. The molecule has 1 fully saturated rings. The monoisotopic (exact) mass is 376 g/mol. The molecule has 24 heavy (non-hydrogen) atoms. The number of ether oxygens (including phenoxy) is 2. The van der Waals surface area contributed by atoms with E-state index in [2.05, 4.69) is 22.8 Å². The number of carbonyl (C=O) groups excluding carboxylic acids is 1. The van der Waals surface area contributed by atoms with E-state index in [-0.39, 0.29) is 23.7 Å². The number of hydrogen-bond donors (Lipinski definition) is 2. The predicted octanol–water partition coefficient (Wildman–Crippen LogP) is 2.16. The summed E-state index contributed by atoms with van der Waals surface area (Å²) in [6.45, 7) is 3.61. The van der Waals surface area contributed by atoms with Crippen molar-refractivity contribution in [3.8, 4) is 0 Å². The van der Waals surface area contributed by atoms with Crippen molar-refractivity contribution >= 4 is 29.9 Å². The quantitative estimate of drug-likeness (QED) is 0.682. The van der Waals surface area contributed by atoms with Crippen LogP contribution in [0, 0.1) is 0 Å². The van der Waals surface area contributed by atoms with Crippen molar-refractivity contribution in [2.75, 3.05) is 46.6 Å². The maximum atomic E-state index is 12.0. The second kappa shape index (κ2) is 10.9. The van der Waals surface area contributed by atoms with Crippen LogP contribution in [-0.2, 0) is 19.7 Å². The van der Waals surface area contributed by atoms with E-state index in [1.807, 2.05) is 12.1 Å². The van der Waals surface area contributed by atoms with E-state index in [4.69, 9.17) is 21.1 Å². The third-order valence-electron chi connectivity index (χ3n) is 4.30. The van der Waals surface area contributed by atoms with Crippen LogP contribution in [0.2, 0.25) is 5.02 Å². The van der Waals surface area contributed by atoms with Gasteiger partial charge in [-0.25, -0.2) is 0 Å². The third kappa shape index (κ3) is 6.22. The Morgan fingerprint density at radius 1 is 1.29 bits per heavy atom. The molecule has 0 unspecified atom stereocenters. The van der Waals surface area contributed by atoms with Gasteiger partial charge in [0.25, 0.3) is 0 Å². The summed E-state index contributed by atoms with van der Waals surface area (Å²) in [6, 6.07) is 7.91. The molecule has 0 radical (unpaired) electrons. The molecule has 2 N–H and O–H groups in total. The first kappa shape index (κ1) is 21.2. The minimum absolute atomic E-state index is 0. The highest BCUT2D eigenvalue weighted by molar-refractivity contribution is 6.30.